The third-order valence-corrected chi connectivity index (χ3v) is 2.07. The molecule has 0 unspecified atom stereocenters. The average molecular weight is 157 g/mol. The smallest absolute Gasteiger partial charge is 0.209 e. The lowest BCUT2D eigenvalue weighted by atomic mass is 10.0. The highest BCUT2D eigenvalue weighted by Crippen LogP contribution is 2.14. The topological polar surface area (TPSA) is 29.5 Å². The second kappa shape index (κ2) is 4.34. The van der Waals surface area contributed by atoms with Gasteiger partial charge < -0.3 is 9.64 Å². The Labute approximate surface area is 67.3 Å². The molecule has 64 valence electrons. The van der Waals surface area contributed by atoms with E-state index in [1.54, 1.807) is 4.90 Å². The maximum absolute atomic E-state index is 10.3. The van der Waals surface area contributed by atoms with E-state index < -0.39 is 0 Å². The van der Waals surface area contributed by atoms with Crippen molar-refractivity contribution in [1.29, 1.82) is 0 Å². The Hall–Kier alpha value is -0.570. The summed E-state index contributed by atoms with van der Waals surface area (Å²) in [6.07, 6.45) is 3.08. The van der Waals surface area contributed by atoms with Gasteiger partial charge in [0, 0.05) is 26.8 Å². The normalized spacial score (nSPS) is 19.7. The highest BCUT2D eigenvalue weighted by Gasteiger charge is 2.14. The first-order valence-corrected chi connectivity index (χ1v) is 4.06. The molecule has 11 heavy (non-hydrogen) atoms. The Bertz CT molecular complexity index is 121. The summed E-state index contributed by atoms with van der Waals surface area (Å²) in [4.78, 5) is 12.0. The van der Waals surface area contributed by atoms with Crippen LogP contribution in [0.5, 0.6) is 0 Å². The predicted molar refractivity (Wildman–Crippen MR) is 42.2 cm³/mol. The number of carbonyl (C=O) groups excluding carboxylic acids is 1. The van der Waals surface area contributed by atoms with E-state index in [-0.39, 0.29) is 0 Å². The average Bonchev–Trinajstić information content (AvgIpc) is 2.06. The van der Waals surface area contributed by atoms with Crippen molar-refractivity contribution in [3.8, 4) is 0 Å². The quantitative estimate of drug-likeness (QED) is 0.558. The van der Waals surface area contributed by atoms with Gasteiger partial charge in [0.2, 0.25) is 6.41 Å². The molecule has 1 rings (SSSR count). The molecule has 0 saturated carbocycles. The molecule has 1 heterocycles. The summed E-state index contributed by atoms with van der Waals surface area (Å²) in [5.74, 6) is 0.652. The van der Waals surface area contributed by atoms with E-state index in [1.807, 2.05) is 7.05 Å². The van der Waals surface area contributed by atoms with Gasteiger partial charge in [-0.1, -0.05) is 0 Å². The largest absolute Gasteiger partial charge is 0.381 e. The van der Waals surface area contributed by atoms with Crippen LogP contribution in [0.25, 0.3) is 0 Å². The van der Waals surface area contributed by atoms with Gasteiger partial charge in [-0.15, -0.1) is 0 Å². The van der Waals surface area contributed by atoms with Crippen LogP contribution in [0.2, 0.25) is 0 Å². The minimum atomic E-state index is 0.652. The Morgan fingerprint density at radius 3 is 2.73 bits per heavy atom. The lowest BCUT2D eigenvalue weighted by molar-refractivity contribution is -0.117. The number of amides is 1. The van der Waals surface area contributed by atoms with E-state index in [2.05, 4.69) is 0 Å². The first kappa shape index (κ1) is 8.53. The van der Waals surface area contributed by atoms with Gasteiger partial charge in [-0.3, -0.25) is 4.79 Å². The third kappa shape index (κ3) is 2.89. The maximum atomic E-state index is 10.3. The molecule has 0 aromatic rings. The van der Waals surface area contributed by atoms with Crippen molar-refractivity contribution in [2.24, 2.45) is 5.92 Å². The Balaban J connectivity index is 2.18. The number of carbonyl (C=O) groups is 1. The molecular formula is C8H15NO2. The zero-order valence-electron chi connectivity index (χ0n) is 6.95. The number of rotatable bonds is 3. The van der Waals surface area contributed by atoms with Gasteiger partial charge in [-0.05, 0) is 18.8 Å². The van der Waals surface area contributed by atoms with Crippen LogP contribution in [0.1, 0.15) is 12.8 Å². The first-order valence-electron chi connectivity index (χ1n) is 4.06. The van der Waals surface area contributed by atoms with Crippen molar-refractivity contribution in [2.45, 2.75) is 12.8 Å². The van der Waals surface area contributed by atoms with Crippen LogP contribution in [0.15, 0.2) is 0 Å². The molecule has 0 aromatic carbocycles. The SMILES string of the molecule is CN(C=O)CC1CCOCC1. The monoisotopic (exact) mass is 157 g/mol. The summed E-state index contributed by atoms with van der Waals surface area (Å²) < 4.78 is 5.21. The Morgan fingerprint density at radius 2 is 2.18 bits per heavy atom. The molecule has 0 aromatic heterocycles. The van der Waals surface area contributed by atoms with Gasteiger partial charge in [0.1, 0.15) is 0 Å². The van der Waals surface area contributed by atoms with E-state index in [0.717, 1.165) is 39.0 Å². The lowest BCUT2D eigenvalue weighted by Crippen LogP contribution is -2.28. The molecule has 1 aliphatic rings. The molecule has 1 aliphatic heterocycles. The summed E-state index contributed by atoms with van der Waals surface area (Å²) in [7, 11) is 1.82. The summed E-state index contributed by atoms with van der Waals surface area (Å²) >= 11 is 0. The third-order valence-electron chi connectivity index (χ3n) is 2.07. The number of hydrogen-bond acceptors (Lipinski definition) is 2. The summed E-state index contributed by atoms with van der Waals surface area (Å²) in [6.45, 7) is 2.60. The van der Waals surface area contributed by atoms with Crippen molar-refractivity contribution in [3.05, 3.63) is 0 Å². The van der Waals surface area contributed by atoms with Crippen molar-refractivity contribution in [3.63, 3.8) is 0 Å². The molecule has 0 radical (unpaired) electrons. The maximum Gasteiger partial charge on any atom is 0.209 e. The minimum Gasteiger partial charge on any atom is -0.381 e. The van der Waals surface area contributed by atoms with Crippen LogP contribution in [0.4, 0.5) is 0 Å². The van der Waals surface area contributed by atoms with Crippen LogP contribution in [0.3, 0.4) is 0 Å². The molecule has 1 amide bonds. The zero-order valence-corrected chi connectivity index (χ0v) is 6.95. The molecule has 0 atom stereocenters. The van der Waals surface area contributed by atoms with Crippen molar-refractivity contribution < 1.29 is 9.53 Å². The standard InChI is InChI=1S/C8H15NO2/c1-9(7-10)6-8-2-4-11-5-3-8/h7-8H,2-6H2,1H3. The van der Waals surface area contributed by atoms with Crippen molar-refractivity contribution >= 4 is 6.41 Å². The van der Waals surface area contributed by atoms with Gasteiger partial charge in [0.25, 0.3) is 0 Å². The van der Waals surface area contributed by atoms with E-state index in [4.69, 9.17) is 4.74 Å². The molecule has 3 nitrogen and oxygen atoms in total. The molecule has 0 bridgehead atoms. The van der Waals surface area contributed by atoms with Gasteiger partial charge in [-0.2, -0.15) is 0 Å². The van der Waals surface area contributed by atoms with Crippen LogP contribution in [-0.4, -0.2) is 38.1 Å². The molecule has 0 spiro atoms. The van der Waals surface area contributed by atoms with Crippen molar-refractivity contribution in [1.82, 2.24) is 4.90 Å². The lowest BCUT2D eigenvalue weighted by Gasteiger charge is -2.24. The zero-order chi connectivity index (χ0) is 8.10. The Morgan fingerprint density at radius 1 is 1.55 bits per heavy atom. The molecular weight excluding hydrogens is 142 g/mol. The summed E-state index contributed by atoms with van der Waals surface area (Å²) in [6, 6.07) is 0. The number of hydrogen-bond donors (Lipinski definition) is 0. The number of nitrogens with zero attached hydrogens (tertiary/aromatic N) is 1. The van der Waals surface area contributed by atoms with Gasteiger partial charge >= 0.3 is 0 Å². The van der Waals surface area contributed by atoms with Crippen LogP contribution in [-0.2, 0) is 9.53 Å². The molecule has 0 aliphatic carbocycles. The van der Waals surface area contributed by atoms with Crippen LogP contribution >= 0.6 is 0 Å². The first-order chi connectivity index (χ1) is 5.33. The van der Waals surface area contributed by atoms with Crippen LogP contribution < -0.4 is 0 Å². The second-order valence-electron chi connectivity index (χ2n) is 3.10. The van der Waals surface area contributed by atoms with Gasteiger partial charge in [0.05, 0.1) is 0 Å². The van der Waals surface area contributed by atoms with Crippen molar-refractivity contribution in [2.75, 3.05) is 26.8 Å². The minimum absolute atomic E-state index is 0.652. The summed E-state index contributed by atoms with van der Waals surface area (Å²) in [5, 5.41) is 0. The second-order valence-corrected chi connectivity index (χ2v) is 3.10. The fraction of sp³-hybridized carbons (Fsp3) is 0.875. The highest BCUT2D eigenvalue weighted by molar-refractivity contribution is 5.46. The van der Waals surface area contributed by atoms with Crippen LogP contribution in [0, 0.1) is 5.92 Å². The van der Waals surface area contributed by atoms with E-state index in [0.29, 0.717) is 5.92 Å². The Kier molecular flexibility index (Phi) is 3.36. The van der Waals surface area contributed by atoms with E-state index >= 15 is 0 Å². The molecule has 0 N–H and O–H groups in total. The molecule has 1 fully saturated rings. The predicted octanol–water partition coefficient (Wildman–Crippen LogP) is 0.501. The molecule has 1 saturated heterocycles. The molecule has 3 heteroatoms. The van der Waals surface area contributed by atoms with E-state index in [9.17, 15) is 4.79 Å². The fourth-order valence-electron chi connectivity index (χ4n) is 1.38. The highest BCUT2D eigenvalue weighted by atomic mass is 16.5. The van der Waals surface area contributed by atoms with Gasteiger partial charge in [-0.25, -0.2) is 0 Å². The summed E-state index contributed by atoms with van der Waals surface area (Å²) in [5.41, 5.74) is 0. The van der Waals surface area contributed by atoms with Gasteiger partial charge in [0.15, 0.2) is 0 Å². The number of ether oxygens (including phenoxy) is 1. The van der Waals surface area contributed by atoms with E-state index in [1.165, 1.54) is 0 Å². The fourth-order valence-corrected chi connectivity index (χ4v) is 1.38.